The predicted octanol–water partition coefficient (Wildman–Crippen LogP) is 3.46. The third-order valence-corrected chi connectivity index (χ3v) is 4.00. The Morgan fingerprint density at radius 1 is 1.35 bits per heavy atom. The van der Waals surface area contributed by atoms with Gasteiger partial charge in [0, 0.05) is 19.2 Å². The van der Waals surface area contributed by atoms with Gasteiger partial charge in [-0.15, -0.1) is 0 Å². The number of hydrogen-bond donors (Lipinski definition) is 2. The third kappa shape index (κ3) is 4.76. The number of carbonyl (C=O) groups excluding carboxylic acids is 1. The van der Waals surface area contributed by atoms with Crippen molar-refractivity contribution in [2.45, 2.75) is 32.8 Å². The summed E-state index contributed by atoms with van der Waals surface area (Å²) < 4.78 is 5.54. The Balaban J connectivity index is 1.94. The lowest BCUT2D eigenvalue weighted by atomic mass is 9.97. The van der Waals surface area contributed by atoms with Crippen LogP contribution in [0, 0.1) is 5.92 Å². The number of nitrogens with zero attached hydrogens (tertiary/aromatic N) is 1. The Morgan fingerprint density at radius 2 is 2.00 bits per heavy atom. The number of benzene rings is 1. The molecule has 126 valence electrons. The topological polar surface area (TPSA) is 78.9 Å². The number of amides is 2. The number of hydrogen-bond acceptors (Lipinski definition) is 3. The summed E-state index contributed by atoms with van der Waals surface area (Å²) in [6, 6.07) is 4.83. The Labute approximate surface area is 140 Å². The van der Waals surface area contributed by atoms with E-state index in [4.69, 9.17) is 21.4 Å². The van der Waals surface area contributed by atoms with Crippen molar-refractivity contribution in [3.05, 3.63) is 23.2 Å². The minimum absolute atomic E-state index is 0.0436. The molecule has 0 aliphatic carbocycles. The number of carboxylic acids is 1. The molecule has 1 aliphatic rings. The van der Waals surface area contributed by atoms with Crippen LogP contribution in [0.4, 0.5) is 10.5 Å². The summed E-state index contributed by atoms with van der Waals surface area (Å²) in [6.45, 7) is 4.69. The van der Waals surface area contributed by atoms with Crippen LogP contribution in [0.25, 0.3) is 0 Å². The summed E-state index contributed by atoms with van der Waals surface area (Å²) in [7, 11) is 0. The van der Waals surface area contributed by atoms with Crippen LogP contribution in [0.2, 0.25) is 5.02 Å². The molecule has 2 amide bonds. The molecule has 0 bridgehead atoms. The van der Waals surface area contributed by atoms with Gasteiger partial charge < -0.3 is 20.1 Å². The molecule has 0 aromatic heterocycles. The van der Waals surface area contributed by atoms with Gasteiger partial charge in [-0.1, -0.05) is 11.6 Å². The Morgan fingerprint density at radius 3 is 2.52 bits per heavy atom. The molecule has 1 aliphatic heterocycles. The number of likely N-dealkylation sites (tertiary alicyclic amines) is 1. The fourth-order valence-corrected chi connectivity index (χ4v) is 2.68. The average molecular weight is 341 g/mol. The number of carboxylic acid groups (broad SMARTS) is 1. The minimum Gasteiger partial charge on any atom is -0.491 e. The lowest BCUT2D eigenvalue weighted by Crippen LogP contribution is -2.42. The summed E-state index contributed by atoms with van der Waals surface area (Å²) >= 11 is 6.17. The maximum atomic E-state index is 12.2. The number of nitrogens with one attached hydrogen (secondary N) is 1. The smallest absolute Gasteiger partial charge is 0.321 e. The standard InChI is InChI=1S/C16H21ClN2O4/c1-10(2)23-12-3-4-14(13(17)9-12)18-16(22)19-7-5-11(6-8-19)15(20)21/h3-4,9-11H,5-8H2,1-2H3,(H,18,22)(H,20,21). The number of carbonyl (C=O) groups is 2. The minimum atomic E-state index is -0.797. The van der Waals surface area contributed by atoms with Gasteiger partial charge in [0.15, 0.2) is 0 Å². The number of aliphatic carboxylic acids is 1. The molecule has 6 nitrogen and oxygen atoms in total. The van der Waals surface area contributed by atoms with Crippen molar-refractivity contribution in [3.8, 4) is 5.75 Å². The number of anilines is 1. The van der Waals surface area contributed by atoms with Crippen molar-refractivity contribution in [3.63, 3.8) is 0 Å². The lowest BCUT2D eigenvalue weighted by Gasteiger charge is -2.30. The van der Waals surface area contributed by atoms with Gasteiger partial charge in [0.1, 0.15) is 5.75 Å². The maximum Gasteiger partial charge on any atom is 0.321 e. The van der Waals surface area contributed by atoms with Crippen molar-refractivity contribution in [1.29, 1.82) is 0 Å². The molecule has 0 saturated carbocycles. The van der Waals surface area contributed by atoms with Crippen LogP contribution >= 0.6 is 11.6 Å². The maximum absolute atomic E-state index is 12.2. The summed E-state index contributed by atoms with van der Waals surface area (Å²) in [6.07, 6.45) is 0.983. The number of rotatable bonds is 4. The fourth-order valence-electron chi connectivity index (χ4n) is 2.47. The van der Waals surface area contributed by atoms with Crippen molar-refractivity contribution in [1.82, 2.24) is 4.90 Å². The molecule has 7 heteroatoms. The van der Waals surface area contributed by atoms with Gasteiger partial charge in [-0.25, -0.2) is 4.79 Å². The molecule has 0 spiro atoms. The van der Waals surface area contributed by atoms with Gasteiger partial charge in [-0.3, -0.25) is 4.79 Å². The molecule has 1 aromatic carbocycles. The molecule has 0 unspecified atom stereocenters. The molecule has 0 radical (unpaired) electrons. The average Bonchev–Trinajstić information content (AvgIpc) is 2.49. The van der Waals surface area contributed by atoms with E-state index in [1.165, 1.54) is 0 Å². The Bertz CT molecular complexity index is 583. The monoisotopic (exact) mass is 340 g/mol. The van der Waals surface area contributed by atoms with Crippen molar-refractivity contribution in [2.75, 3.05) is 18.4 Å². The highest BCUT2D eigenvalue weighted by Gasteiger charge is 2.27. The highest BCUT2D eigenvalue weighted by atomic mass is 35.5. The summed E-state index contributed by atoms with van der Waals surface area (Å²) in [4.78, 5) is 24.8. The molecule has 1 fully saturated rings. The van der Waals surface area contributed by atoms with Crippen LogP contribution in [-0.2, 0) is 4.79 Å². The number of piperidine rings is 1. The van der Waals surface area contributed by atoms with E-state index in [0.29, 0.717) is 42.4 Å². The molecular weight excluding hydrogens is 320 g/mol. The van der Waals surface area contributed by atoms with Crippen molar-refractivity contribution >= 4 is 29.3 Å². The second-order valence-corrected chi connectivity index (χ2v) is 6.25. The van der Waals surface area contributed by atoms with E-state index < -0.39 is 5.97 Å². The van der Waals surface area contributed by atoms with Crippen molar-refractivity contribution < 1.29 is 19.4 Å². The first-order valence-corrected chi connectivity index (χ1v) is 7.99. The summed E-state index contributed by atoms with van der Waals surface area (Å²) in [5.74, 6) is -0.519. The molecule has 1 heterocycles. The lowest BCUT2D eigenvalue weighted by molar-refractivity contribution is -0.143. The largest absolute Gasteiger partial charge is 0.491 e. The molecule has 0 atom stereocenters. The van der Waals surface area contributed by atoms with Crippen LogP contribution in [0.1, 0.15) is 26.7 Å². The first-order chi connectivity index (χ1) is 10.9. The molecule has 2 N–H and O–H groups in total. The van der Waals surface area contributed by atoms with E-state index in [1.807, 2.05) is 13.8 Å². The molecule has 1 saturated heterocycles. The van der Waals surface area contributed by atoms with Gasteiger partial charge in [-0.2, -0.15) is 0 Å². The van der Waals surface area contributed by atoms with Gasteiger partial charge in [0.05, 0.1) is 22.7 Å². The fraction of sp³-hybridized carbons (Fsp3) is 0.500. The zero-order valence-corrected chi connectivity index (χ0v) is 14.0. The zero-order valence-electron chi connectivity index (χ0n) is 13.2. The normalized spacial score (nSPS) is 15.6. The Hall–Kier alpha value is -1.95. The van der Waals surface area contributed by atoms with E-state index in [1.54, 1.807) is 23.1 Å². The highest BCUT2D eigenvalue weighted by Crippen LogP contribution is 2.28. The first kappa shape index (κ1) is 17.4. The van der Waals surface area contributed by atoms with Gasteiger partial charge in [0.2, 0.25) is 0 Å². The van der Waals surface area contributed by atoms with Crippen LogP contribution in [-0.4, -0.2) is 41.2 Å². The van der Waals surface area contributed by atoms with E-state index in [-0.39, 0.29) is 18.1 Å². The molecule has 23 heavy (non-hydrogen) atoms. The van der Waals surface area contributed by atoms with E-state index in [0.717, 1.165) is 0 Å². The second kappa shape index (κ2) is 7.55. The third-order valence-electron chi connectivity index (χ3n) is 3.69. The van der Waals surface area contributed by atoms with Crippen LogP contribution in [0.5, 0.6) is 5.75 Å². The number of halogens is 1. The van der Waals surface area contributed by atoms with E-state index in [2.05, 4.69) is 5.32 Å². The SMILES string of the molecule is CC(C)Oc1ccc(NC(=O)N2CCC(C(=O)O)CC2)c(Cl)c1. The van der Waals surface area contributed by atoms with Gasteiger partial charge >= 0.3 is 12.0 Å². The van der Waals surface area contributed by atoms with E-state index in [9.17, 15) is 9.59 Å². The number of urea groups is 1. The Kier molecular flexibility index (Phi) is 5.71. The van der Waals surface area contributed by atoms with Crippen LogP contribution in [0.15, 0.2) is 18.2 Å². The summed E-state index contributed by atoms with van der Waals surface area (Å²) in [5.41, 5.74) is 0.508. The summed E-state index contributed by atoms with van der Waals surface area (Å²) in [5, 5.41) is 12.1. The van der Waals surface area contributed by atoms with Crippen LogP contribution in [0.3, 0.4) is 0 Å². The van der Waals surface area contributed by atoms with Crippen LogP contribution < -0.4 is 10.1 Å². The molecule has 1 aromatic rings. The predicted molar refractivity (Wildman–Crippen MR) is 88.2 cm³/mol. The van der Waals surface area contributed by atoms with Gasteiger partial charge in [0.25, 0.3) is 0 Å². The molecular formula is C16H21ClN2O4. The first-order valence-electron chi connectivity index (χ1n) is 7.61. The molecule has 2 rings (SSSR count). The van der Waals surface area contributed by atoms with Gasteiger partial charge in [-0.05, 0) is 38.8 Å². The second-order valence-electron chi connectivity index (χ2n) is 5.84. The van der Waals surface area contributed by atoms with Crippen molar-refractivity contribution in [2.24, 2.45) is 5.92 Å². The quantitative estimate of drug-likeness (QED) is 0.879. The number of ether oxygens (including phenoxy) is 1. The zero-order chi connectivity index (χ0) is 17.0. The van der Waals surface area contributed by atoms with E-state index >= 15 is 0 Å². The highest BCUT2D eigenvalue weighted by molar-refractivity contribution is 6.33.